The van der Waals surface area contributed by atoms with Crippen LogP contribution < -0.4 is 5.73 Å². The van der Waals surface area contributed by atoms with E-state index in [-0.39, 0.29) is 19.1 Å². The van der Waals surface area contributed by atoms with Gasteiger partial charge in [-0.05, 0) is 0 Å². The second-order valence-electron chi connectivity index (χ2n) is 1.16. The van der Waals surface area contributed by atoms with E-state index in [0.717, 1.165) is 0 Å². The number of quaternary nitrogens is 1. The van der Waals surface area contributed by atoms with Crippen LogP contribution in [-0.4, -0.2) is 25.0 Å². The van der Waals surface area contributed by atoms with Crippen LogP contribution in [0.3, 0.4) is 0 Å². The van der Waals surface area contributed by atoms with Crippen molar-refractivity contribution in [3.63, 3.8) is 0 Å². The van der Waals surface area contributed by atoms with E-state index in [9.17, 15) is 4.79 Å². The standard InChI is InChI=1S/C4H8ClNO2/c5-1-2-8-4(7)3-6/h1-3,6H2/p+1. The van der Waals surface area contributed by atoms with Gasteiger partial charge in [0.25, 0.3) is 0 Å². The van der Waals surface area contributed by atoms with E-state index in [1.54, 1.807) is 0 Å². The monoisotopic (exact) mass is 138 g/mol. The molecule has 3 nitrogen and oxygen atoms in total. The maximum absolute atomic E-state index is 10.2. The van der Waals surface area contributed by atoms with Crippen LogP contribution in [-0.2, 0) is 9.53 Å². The van der Waals surface area contributed by atoms with E-state index in [1.807, 2.05) is 0 Å². The van der Waals surface area contributed by atoms with Crippen LogP contribution in [0.2, 0.25) is 0 Å². The highest BCUT2D eigenvalue weighted by Crippen LogP contribution is 1.77. The average molecular weight is 139 g/mol. The molecule has 0 unspecified atom stereocenters. The van der Waals surface area contributed by atoms with Crippen molar-refractivity contribution >= 4 is 17.6 Å². The number of rotatable bonds is 3. The number of esters is 1. The van der Waals surface area contributed by atoms with Crippen LogP contribution in [0.4, 0.5) is 0 Å². The fraction of sp³-hybridized carbons (Fsp3) is 0.750. The third-order valence-electron chi connectivity index (χ3n) is 0.544. The van der Waals surface area contributed by atoms with Crippen LogP contribution >= 0.6 is 11.6 Å². The first-order valence-electron chi connectivity index (χ1n) is 2.32. The smallest absolute Gasteiger partial charge is 0.361 e. The van der Waals surface area contributed by atoms with Gasteiger partial charge in [-0.2, -0.15) is 0 Å². The zero-order chi connectivity index (χ0) is 6.41. The molecule has 0 spiro atoms. The Morgan fingerprint density at radius 3 is 2.75 bits per heavy atom. The minimum Gasteiger partial charge on any atom is -0.460 e. The van der Waals surface area contributed by atoms with Gasteiger partial charge in [-0.15, -0.1) is 11.6 Å². The molecule has 0 radical (unpaired) electrons. The summed E-state index contributed by atoms with van der Waals surface area (Å²) in [5.41, 5.74) is 3.32. The number of carbonyl (C=O) groups excluding carboxylic acids is 1. The normalized spacial score (nSPS) is 8.75. The summed E-state index contributed by atoms with van der Waals surface area (Å²) in [5.74, 6) is 0.0526. The zero-order valence-electron chi connectivity index (χ0n) is 4.52. The van der Waals surface area contributed by atoms with E-state index in [2.05, 4.69) is 10.5 Å². The van der Waals surface area contributed by atoms with Crippen LogP contribution in [0.15, 0.2) is 0 Å². The zero-order valence-corrected chi connectivity index (χ0v) is 5.28. The molecule has 0 aliphatic heterocycles. The fourth-order valence-corrected chi connectivity index (χ4v) is 0.302. The molecule has 4 heteroatoms. The second kappa shape index (κ2) is 4.87. The Morgan fingerprint density at radius 1 is 1.75 bits per heavy atom. The van der Waals surface area contributed by atoms with E-state index in [1.165, 1.54) is 0 Å². The predicted molar refractivity (Wildman–Crippen MR) is 29.4 cm³/mol. The Balaban J connectivity index is 2.99. The molecule has 0 amide bonds. The third kappa shape index (κ3) is 3.89. The number of carbonyl (C=O) groups is 1. The van der Waals surface area contributed by atoms with Crippen molar-refractivity contribution in [2.45, 2.75) is 0 Å². The number of hydrogen-bond donors (Lipinski definition) is 1. The average Bonchev–Trinajstić information content (AvgIpc) is 1.83. The van der Waals surface area contributed by atoms with Gasteiger partial charge < -0.3 is 10.5 Å². The van der Waals surface area contributed by atoms with E-state index >= 15 is 0 Å². The third-order valence-corrected chi connectivity index (χ3v) is 0.699. The summed E-state index contributed by atoms with van der Waals surface area (Å²) in [6, 6.07) is 0. The molecule has 0 fully saturated rings. The number of hydrogen-bond acceptors (Lipinski definition) is 2. The summed E-state index contributed by atoms with van der Waals surface area (Å²) < 4.78 is 4.51. The summed E-state index contributed by atoms with van der Waals surface area (Å²) in [4.78, 5) is 10.2. The molecule has 0 aliphatic rings. The maximum Gasteiger partial charge on any atom is 0.361 e. The Kier molecular flexibility index (Phi) is 4.70. The van der Waals surface area contributed by atoms with Gasteiger partial charge in [0.1, 0.15) is 6.61 Å². The van der Waals surface area contributed by atoms with Crippen molar-refractivity contribution in [1.29, 1.82) is 0 Å². The van der Waals surface area contributed by atoms with Gasteiger partial charge in [0.2, 0.25) is 0 Å². The Hall–Kier alpha value is -0.280. The summed E-state index contributed by atoms with van der Waals surface area (Å²) in [7, 11) is 0. The Labute approximate surface area is 52.8 Å². The Morgan fingerprint density at radius 2 is 2.38 bits per heavy atom. The van der Waals surface area contributed by atoms with Crippen molar-refractivity contribution in [3.05, 3.63) is 0 Å². The fourth-order valence-electron chi connectivity index (χ4n) is 0.225. The van der Waals surface area contributed by atoms with Crippen LogP contribution in [0, 0.1) is 0 Å². The van der Waals surface area contributed by atoms with E-state index < -0.39 is 0 Å². The molecule has 0 saturated carbocycles. The van der Waals surface area contributed by atoms with Crippen molar-refractivity contribution in [1.82, 2.24) is 0 Å². The molecule has 0 bridgehead atoms. The lowest BCUT2D eigenvalue weighted by Gasteiger charge is -1.94. The molecule has 0 aromatic carbocycles. The SMILES string of the molecule is [NH3+]CC(=O)OCCCl. The van der Waals surface area contributed by atoms with E-state index in [4.69, 9.17) is 11.6 Å². The lowest BCUT2D eigenvalue weighted by molar-refractivity contribution is -0.359. The van der Waals surface area contributed by atoms with Crippen molar-refractivity contribution in [2.24, 2.45) is 0 Å². The topological polar surface area (TPSA) is 53.9 Å². The van der Waals surface area contributed by atoms with Gasteiger partial charge in [0, 0.05) is 0 Å². The van der Waals surface area contributed by atoms with Gasteiger partial charge >= 0.3 is 5.97 Å². The first kappa shape index (κ1) is 7.72. The first-order chi connectivity index (χ1) is 3.81. The van der Waals surface area contributed by atoms with Gasteiger partial charge in [0.05, 0.1) is 5.88 Å². The summed E-state index contributed by atoms with van der Waals surface area (Å²) in [6.07, 6.45) is 0. The molecule has 3 N–H and O–H groups in total. The molecular weight excluding hydrogens is 130 g/mol. The highest BCUT2D eigenvalue weighted by atomic mass is 35.5. The molecule has 0 saturated heterocycles. The summed E-state index contributed by atoms with van der Waals surface area (Å²) >= 11 is 5.20. The predicted octanol–water partition coefficient (Wildman–Crippen LogP) is -0.990. The van der Waals surface area contributed by atoms with E-state index in [0.29, 0.717) is 5.88 Å². The van der Waals surface area contributed by atoms with Crippen molar-refractivity contribution in [2.75, 3.05) is 19.0 Å². The van der Waals surface area contributed by atoms with Gasteiger partial charge in [-0.1, -0.05) is 0 Å². The molecular formula is C4H9ClNO2+. The highest BCUT2D eigenvalue weighted by Gasteiger charge is 1.97. The molecule has 8 heavy (non-hydrogen) atoms. The van der Waals surface area contributed by atoms with Gasteiger partial charge in [-0.25, -0.2) is 4.79 Å². The summed E-state index contributed by atoms with van der Waals surface area (Å²) in [6.45, 7) is 0.465. The molecule has 0 heterocycles. The number of halogens is 1. The van der Waals surface area contributed by atoms with Crippen LogP contribution in [0.1, 0.15) is 0 Å². The van der Waals surface area contributed by atoms with Crippen molar-refractivity contribution in [3.8, 4) is 0 Å². The van der Waals surface area contributed by atoms with Crippen LogP contribution in [0.5, 0.6) is 0 Å². The number of alkyl halides is 1. The first-order valence-corrected chi connectivity index (χ1v) is 2.85. The lowest BCUT2D eigenvalue weighted by atomic mass is 10.7. The molecule has 48 valence electrons. The lowest BCUT2D eigenvalue weighted by Crippen LogP contribution is -2.54. The maximum atomic E-state index is 10.2. The molecule has 0 rings (SSSR count). The second-order valence-corrected chi connectivity index (χ2v) is 1.54. The molecule has 0 aromatic rings. The van der Waals surface area contributed by atoms with Gasteiger partial charge in [-0.3, -0.25) is 0 Å². The van der Waals surface area contributed by atoms with Crippen LogP contribution in [0.25, 0.3) is 0 Å². The minimum absolute atomic E-state index is 0.177. The largest absolute Gasteiger partial charge is 0.460 e. The quantitative estimate of drug-likeness (QED) is 0.402. The highest BCUT2D eigenvalue weighted by molar-refractivity contribution is 6.18. The molecule has 0 aliphatic carbocycles. The number of ether oxygens (including phenoxy) is 1. The summed E-state index contributed by atoms with van der Waals surface area (Å²) in [5, 5.41) is 0. The molecule has 0 aromatic heterocycles. The van der Waals surface area contributed by atoms with Crippen molar-refractivity contribution < 1.29 is 15.3 Å². The minimum atomic E-state index is -0.300. The Bertz CT molecular complexity index is 76.4. The van der Waals surface area contributed by atoms with Gasteiger partial charge in [0.15, 0.2) is 6.54 Å². The molecule has 0 atom stereocenters.